The van der Waals surface area contributed by atoms with Gasteiger partial charge in [-0.25, -0.2) is 8.78 Å². The second-order valence-electron chi connectivity index (χ2n) is 3.93. The van der Waals surface area contributed by atoms with E-state index >= 15 is 0 Å². The molecule has 0 unspecified atom stereocenters. The Hall–Kier alpha value is -1.82. The molecule has 0 bridgehead atoms. The van der Waals surface area contributed by atoms with Crippen molar-refractivity contribution in [2.45, 2.75) is 6.43 Å². The SMILES string of the molecule is Cn1ncc2ncc(-c3csc(C(F)F)c3)cc21. The first-order valence-corrected chi connectivity index (χ1v) is 6.18. The predicted molar refractivity (Wildman–Crippen MR) is 66.8 cm³/mol. The number of hydrogen-bond donors (Lipinski definition) is 0. The molecule has 0 N–H and O–H groups in total. The number of aryl methyl sites for hydroxylation is 1. The van der Waals surface area contributed by atoms with E-state index in [9.17, 15) is 8.78 Å². The van der Waals surface area contributed by atoms with E-state index in [1.54, 1.807) is 22.5 Å². The van der Waals surface area contributed by atoms with Gasteiger partial charge in [-0.3, -0.25) is 9.67 Å². The number of halogens is 2. The zero-order valence-electron chi connectivity index (χ0n) is 9.47. The molecule has 0 saturated carbocycles. The number of rotatable bonds is 2. The van der Waals surface area contributed by atoms with E-state index in [1.165, 1.54) is 6.07 Å². The molecule has 3 heterocycles. The lowest BCUT2D eigenvalue weighted by Crippen LogP contribution is -1.89. The Morgan fingerprint density at radius 3 is 2.78 bits per heavy atom. The molecule has 3 rings (SSSR count). The Morgan fingerprint density at radius 1 is 1.22 bits per heavy atom. The van der Waals surface area contributed by atoms with Crippen LogP contribution < -0.4 is 0 Å². The summed E-state index contributed by atoms with van der Waals surface area (Å²) in [7, 11) is 1.83. The quantitative estimate of drug-likeness (QED) is 0.708. The van der Waals surface area contributed by atoms with Crippen LogP contribution in [0.1, 0.15) is 11.3 Å². The van der Waals surface area contributed by atoms with Gasteiger partial charge in [-0.05, 0) is 23.1 Å². The summed E-state index contributed by atoms with van der Waals surface area (Å²) in [6, 6.07) is 3.42. The van der Waals surface area contributed by atoms with Crippen LogP contribution in [0.25, 0.3) is 22.2 Å². The highest BCUT2D eigenvalue weighted by Crippen LogP contribution is 2.32. The second kappa shape index (κ2) is 4.13. The van der Waals surface area contributed by atoms with Crippen molar-refractivity contribution in [1.82, 2.24) is 14.8 Å². The van der Waals surface area contributed by atoms with Crippen LogP contribution >= 0.6 is 11.3 Å². The third-order valence-electron chi connectivity index (χ3n) is 2.77. The van der Waals surface area contributed by atoms with E-state index in [0.717, 1.165) is 33.5 Å². The number of aromatic nitrogens is 3. The van der Waals surface area contributed by atoms with Crippen molar-refractivity contribution >= 4 is 22.4 Å². The largest absolute Gasteiger partial charge is 0.272 e. The van der Waals surface area contributed by atoms with Gasteiger partial charge in [-0.1, -0.05) is 0 Å². The maximum atomic E-state index is 12.5. The number of alkyl halides is 2. The zero-order valence-corrected chi connectivity index (χ0v) is 10.3. The molecular weight excluding hydrogens is 256 g/mol. The molecule has 6 heteroatoms. The summed E-state index contributed by atoms with van der Waals surface area (Å²) >= 11 is 1.06. The van der Waals surface area contributed by atoms with Gasteiger partial charge in [0.15, 0.2) is 0 Å². The zero-order chi connectivity index (χ0) is 12.7. The first-order chi connectivity index (χ1) is 8.65. The number of pyridine rings is 1. The van der Waals surface area contributed by atoms with Crippen LogP contribution in [0.4, 0.5) is 8.78 Å². The minimum atomic E-state index is -2.42. The molecule has 0 saturated heterocycles. The Labute approximate surface area is 106 Å². The monoisotopic (exact) mass is 265 g/mol. The molecule has 0 amide bonds. The molecule has 92 valence electrons. The van der Waals surface area contributed by atoms with Crippen molar-refractivity contribution in [2.24, 2.45) is 7.05 Å². The summed E-state index contributed by atoms with van der Waals surface area (Å²) in [5.41, 5.74) is 3.28. The summed E-state index contributed by atoms with van der Waals surface area (Å²) in [4.78, 5) is 4.35. The molecule has 0 radical (unpaired) electrons. The lowest BCUT2D eigenvalue weighted by atomic mass is 10.1. The third-order valence-corrected chi connectivity index (χ3v) is 3.71. The molecular formula is C12H9F2N3S. The smallest absolute Gasteiger partial charge is 0.266 e. The summed E-state index contributed by atoms with van der Waals surface area (Å²) < 4.78 is 26.8. The van der Waals surface area contributed by atoms with E-state index in [0.29, 0.717) is 0 Å². The summed E-state index contributed by atoms with van der Waals surface area (Å²) in [6.07, 6.45) is 0.940. The van der Waals surface area contributed by atoms with Crippen LogP contribution in [0.2, 0.25) is 0 Å². The topological polar surface area (TPSA) is 30.7 Å². The standard InChI is InChI=1S/C12H9F2N3S/c1-17-10-2-7(4-15-9(10)5-16-17)8-3-11(12(13)14)18-6-8/h2-6,12H,1H3. The van der Waals surface area contributed by atoms with Crippen molar-refractivity contribution in [3.63, 3.8) is 0 Å². The highest BCUT2D eigenvalue weighted by Gasteiger charge is 2.12. The molecule has 0 aliphatic heterocycles. The van der Waals surface area contributed by atoms with Crippen LogP contribution in [0.5, 0.6) is 0 Å². The van der Waals surface area contributed by atoms with Crippen LogP contribution in [-0.4, -0.2) is 14.8 Å². The van der Waals surface area contributed by atoms with Gasteiger partial charge in [0.2, 0.25) is 0 Å². The fraction of sp³-hybridized carbons (Fsp3) is 0.167. The Kier molecular flexibility index (Phi) is 2.59. The Morgan fingerprint density at radius 2 is 2.06 bits per heavy atom. The van der Waals surface area contributed by atoms with Gasteiger partial charge in [0.25, 0.3) is 6.43 Å². The molecule has 0 atom stereocenters. The van der Waals surface area contributed by atoms with E-state index in [2.05, 4.69) is 10.1 Å². The van der Waals surface area contributed by atoms with Crippen LogP contribution in [-0.2, 0) is 7.05 Å². The molecule has 0 aliphatic rings. The van der Waals surface area contributed by atoms with Gasteiger partial charge >= 0.3 is 0 Å². The molecule has 0 aromatic carbocycles. The van der Waals surface area contributed by atoms with Crippen molar-refractivity contribution in [3.8, 4) is 11.1 Å². The summed E-state index contributed by atoms with van der Waals surface area (Å²) in [5.74, 6) is 0. The molecule has 3 aromatic heterocycles. The van der Waals surface area contributed by atoms with Gasteiger partial charge < -0.3 is 0 Å². The van der Waals surface area contributed by atoms with Crippen molar-refractivity contribution < 1.29 is 8.78 Å². The summed E-state index contributed by atoms with van der Waals surface area (Å²) in [5, 5.41) is 5.82. The Bertz CT molecular complexity index is 702. The first kappa shape index (κ1) is 11.3. The molecule has 3 aromatic rings. The van der Waals surface area contributed by atoms with Crippen molar-refractivity contribution in [1.29, 1.82) is 0 Å². The van der Waals surface area contributed by atoms with Gasteiger partial charge in [0.1, 0.15) is 5.52 Å². The average molecular weight is 265 g/mol. The molecule has 0 aliphatic carbocycles. The highest BCUT2D eigenvalue weighted by atomic mass is 32.1. The third kappa shape index (κ3) is 1.78. The highest BCUT2D eigenvalue weighted by molar-refractivity contribution is 7.10. The molecule has 18 heavy (non-hydrogen) atoms. The number of nitrogens with zero attached hydrogens (tertiary/aromatic N) is 3. The van der Waals surface area contributed by atoms with Crippen LogP contribution in [0, 0.1) is 0 Å². The van der Waals surface area contributed by atoms with Gasteiger partial charge in [-0.15, -0.1) is 11.3 Å². The maximum Gasteiger partial charge on any atom is 0.272 e. The normalized spacial score (nSPS) is 11.6. The number of fused-ring (bicyclic) bond motifs is 1. The lowest BCUT2D eigenvalue weighted by molar-refractivity contribution is 0.155. The lowest BCUT2D eigenvalue weighted by Gasteiger charge is -1.99. The molecule has 0 spiro atoms. The van der Waals surface area contributed by atoms with Crippen LogP contribution in [0.3, 0.4) is 0 Å². The van der Waals surface area contributed by atoms with Gasteiger partial charge in [-0.2, -0.15) is 5.10 Å². The van der Waals surface area contributed by atoms with E-state index in [1.807, 2.05) is 13.1 Å². The van der Waals surface area contributed by atoms with Crippen LogP contribution in [0.15, 0.2) is 29.9 Å². The van der Waals surface area contributed by atoms with E-state index in [4.69, 9.17) is 0 Å². The minimum absolute atomic E-state index is 0.0788. The number of thiophene rings is 1. The summed E-state index contributed by atoms with van der Waals surface area (Å²) in [6.45, 7) is 0. The predicted octanol–water partition coefficient (Wildman–Crippen LogP) is 3.63. The fourth-order valence-corrected chi connectivity index (χ4v) is 2.57. The van der Waals surface area contributed by atoms with E-state index in [-0.39, 0.29) is 4.88 Å². The number of hydrogen-bond acceptors (Lipinski definition) is 3. The first-order valence-electron chi connectivity index (χ1n) is 5.30. The second-order valence-corrected chi connectivity index (χ2v) is 4.88. The Balaban J connectivity index is 2.09. The minimum Gasteiger partial charge on any atom is -0.266 e. The molecule has 3 nitrogen and oxygen atoms in total. The van der Waals surface area contributed by atoms with Gasteiger partial charge in [0, 0.05) is 18.8 Å². The van der Waals surface area contributed by atoms with Crippen molar-refractivity contribution in [3.05, 3.63) is 34.8 Å². The van der Waals surface area contributed by atoms with Crippen molar-refractivity contribution in [2.75, 3.05) is 0 Å². The maximum absolute atomic E-state index is 12.5. The average Bonchev–Trinajstić information content (AvgIpc) is 2.96. The molecule has 0 fully saturated rings. The fourth-order valence-electron chi connectivity index (χ4n) is 1.80. The van der Waals surface area contributed by atoms with E-state index < -0.39 is 6.43 Å². The van der Waals surface area contributed by atoms with Gasteiger partial charge in [0.05, 0.1) is 16.6 Å².